The number of anilines is 6. The summed E-state index contributed by atoms with van der Waals surface area (Å²) in [6.45, 7) is 16.9. The molecule has 0 spiro atoms. The molecule has 0 N–H and O–H groups in total. The van der Waals surface area contributed by atoms with Crippen molar-refractivity contribution in [1.82, 2.24) is 4.57 Å². The largest absolute Gasteiger partial charge is 0.494 e. The van der Waals surface area contributed by atoms with Crippen LogP contribution in [0, 0.1) is 0 Å². The molecule has 9 aromatic rings. The second-order valence-electron chi connectivity index (χ2n) is 24.7. The van der Waals surface area contributed by atoms with Crippen LogP contribution in [-0.4, -0.2) is 41.2 Å². The number of hydrogen-bond acceptors (Lipinski definition) is 7. The van der Waals surface area contributed by atoms with E-state index in [0.29, 0.717) is 0 Å². The summed E-state index contributed by atoms with van der Waals surface area (Å²) in [7, 11) is -0.912. The molecule has 4 heterocycles. The molecule has 8 nitrogen and oxygen atoms in total. The Morgan fingerprint density at radius 3 is 1.13 bits per heavy atom. The van der Waals surface area contributed by atoms with Gasteiger partial charge in [0.25, 0.3) is 0 Å². The lowest BCUT2D eigenvalue weighted by atomic mass is 9.79. The second kappa shape index (κ2) is 18.8. The fourth-order valence-corrected chi connectivity index (χ4v) is 12.9. The summed E-state index contributed by atoms with van der Waals surface area (Å²) in [6.07, 6.45) is 9.30. The first-order chi connectivity index (χ1) is 38.1. The van der Waals surface area contributed by atoms with E-state index in [-0.39, 0.29) is 6.04 Å². The van der Waals surface area contributed by atoms with Gasteiger partial charge in [0.2, 0.25) is 0 Å². The lowest BCUT2D eigenvalue weighted by Gasteiger charge is -2.32. The van der Waals surface area contributed by atoms with E-state index >= 15 is 0 Å². The van der Waals surface area contributed by atoms with Gasteiger partial charge >= 0.3 is 14.2 Å². The molecule has 1 aromatic heterocycles. The maximum absolute atomic E-state index is 6.67. The molecule has 0 radical (unpaired) electrons. The van der Waals surface area contributed by atoms with Crippen LogP contribution in [0.2, 0.25) is 0 Å². The Morgan fingerprint density at radius 1 is 0.380 bits per heavy atom. The maximum Gasteiger partial charge on any atom is 0.494 e. The van der Waals surface area contributed by atoms with Gasteiger partial charge in [-0.25, -0.2) is 0 Å². The average molecular weight is 1040 g/mol. The fraction of sp³-hybridized carbons (Fsp3) is 0.304. The lowest BCUT2D eigenvalue weighted by Crippen LogP contribution is -2.41. The van der Waals surface area contributed by atoms with E-state index in [1.165, 1.54) is 47.9 Å². The first-order valence-corrected chi connectivity index (χ1v) is 28.8. The lowest BCUT2D eigenvalue weighted by molar-refractivity contribution is 0.00578. The predicted molar refractivity (Wildman–Crippen MR) is 324 cm³/mol. The van der Waals surface area contributed by atoms with Crippen LogP contribution in [-0.2, 0) is 44.3 Å². The smallest absolute Gasteiger partial charge is 0.457 e. The molecule has 5 aliphatic rings. The standard InChI is InChI=1S/C69H69B2N3O5/c1-66(2)67(3,4)77-70(76-66)49-27-33-51(34-28-49)72(53-31-25-45-17-9-11-19-47(45)41-53)55-37-39-61-59(43-55)60-44-56(38-40-62(60)74(61)65-57-21-13-15-23-63(57)75-64-24-16-14-22-58(64)65)73(54-32-26-46-18-10-12-20-48(46)42-54)52-35-29-50(30-36-52)71-78-68(5,6)69(7,8)79-71/h13-16,21-44,65H,9-12,17-20H2,1-8H3. The molecule has 10 heteroatoms. The minimum absolute atomic E-state index is 0.156. The number of benzene rings is 8. The van der Waals surface area contributed by atoms with Crippen LogP contribution in [0.3, 0.4) is 0 Å². The zero-order valence-corrected chi connectivity index (χ0v) is 46.9. The number of para-hydroxylation sites is 2. The highest BCUT2D eigenvalue weighted by Crippen LogP contribution is 2.50. The van der Waals surface area contributed by atoms with Gasteiger partial charge < -0.3 is 37.7 Å². The van der Waals surface area contributed by atoms with Gasteiger partial charge in [-0.3, -0.25) is 0 Å². The van der Waals surface area contributed by atoms with E-state index in [2.05, 4.69) is 240 Å². The molecule has 0 saturated carbocycles. The van der Waals surface area contributed by atoms with E-state index in [1.807, 2.05) is 0 Å². The number of hydrogen-bond donors (Lipinski definition) is 0. The zero-order chi connectivity index (χ0) is 54.0. The molecule has 3 aliphatic heterocycles. The van der Waals surface area contributed by atoms with E-state index in [9.17, 15) is 0 Å². The average Bonchev–Trinajstić information content (AvgIpc) is 3.38. The van der Waals surface area contributed by atoms with Gasteiger partial charge in [0.15, 0.2) is 0 Å². The van der Waals surface area contributed by atoms with Gasteiger partial charge in [0.05, 0.1) is 39.5 Å². The van der Waals surface area contributed by atoms with Crippen molar-refractivity contribution in [2.45, 2.75) is 135 Å². The van der Waals surface area contributed by atoms with Crippen molar-refractivity contribution >= 4 is 81.1 Å². The Kier molecular flexibility index (Phi) is 11.9. The van der Waals surface area contributed by atoms with Gasteiger partial charge in [-0.1, -0.05) is 72.8 Å². The topological polar surface area (TPSA) is 57.6 Å². The molecule has 2 saturated heterocycles. The summed E-state index contributed by atoms with van der Waals surface area (Å²) in [4.78, 5) is 4.88. The van der Waals surface area contributed by atoms with Gasteiger partial charge in [0, 0.05) is 56.0 Å². The van der Waals surface area contributed by atoms with Crippen LogP contribution in [0.1, 0.15) is 120 Å². The third-order valence-electron chi connectivity index (χ3n) is 18.7. The first kappa shape index (κ1) is 50.2. The minimum atomic E-state index is -0.456. The monoisotopic (exact) mass is 1040 g/mol. The van der Waals surface area contributed by atoms with Gasteiger partial charge in [-0.15, -0.1) is 0 Å². The molecule has 0 amide bonds. The molecule has 14 rings (SSSR count). The van der Waals surface area contributed by atoms with Crippen LogP contribution in [0.15, 0.2) is 170 Å². The molecule has 0 unspecified atom stereocenters. The predicted octanol–water partition coefficient (Wildman–Crippen LogP) is 15.8. The van der Waals surface area contributed by atoms with Gasteiger partial charge in [-0.2, -0.15) is 0 Å². The number of fused-ring (bicyclic) bond motifs is 7. The molecule has 0 atom stereocenters. The quantitative estimate of drug-likeness (QED) is 0.134. The number of nitrogens with zero attached hydrogens (tertiary/aromatic N) is 3. The maximum atomic E-state index is 6.67. The van der Waals surface area contributed by atoms with E-state index in [0.717, 1.165) is 115 Å². The summed E-state index contributed by atoms with van der Waals surface area (Å²) >= 11 is 0. The molecule has 396 valence electrons. The van der Waals surface area contributed by atoms with Crippen LogP contribution < -0.4 is 25.5 Å². The summed E-state index contributed by atoms with van der Waals surface area (Å²) in [5.41, 5.74) is 17.1. The molecular formula is C69H69B2N3O5. The molecule has 0 bridgehead atoms. The Bertz CT molecular complexity index is 3570. The third kappa shape index (κ3) is 8.52. The van der Waals surface area contributed by atoms with Crippen molar-refractivity contribution < 1.29 is 23.4 Å². The SMILES string of the molecule is CC1(C)OB(c2ccc(N(c3ccc4c(c3)CCCC4)c3ccc4c(c3)c3cc(N(c5ccc(B6OC(C)(C)C(C)(C)O6)cc5)c5ccc6c(c5)CCCC6)ccc3n4C3c4ccccc4Oc4ccccc43)cc2)OC1(C)C. The van der Waals surface area contributed by atoms with Crippen molar-refractivity contribution in [3.8, 4) is 11.5 Å². The number of aryl methyl sites for hydroxylation is 4. The highest BCUT2D eigenvalue weighted by molar-refractivity contribution is 6.62. The van der Waals surface area contributed by atoms with Gasteiger partial charge in [0.1, 0.15) is 11.5 Å². The minimum Gasteiger partial charge on any atom is -0.457 e. The number of aromatic nitrogens is 1. The highest BCUT2D eigenvalue weighted by atomic mass is 16.7. The van der Waals surface area contributed by atoms with Crippen molar-refractivity contribution in [2.24, 2.45) is 0 Å². The fourth-order valence-electron chi connectivity index (χ4n) is 12.9. The second-order valence-corrected chi connectivity index (χ2v) is 24.7. The molecule has 2 aliphatic carbocycles. The Balaban J connectivity index is 0.967. The Hall–Kier alpha value is -7.07. The zero-order valence-electron chi connectivity index (χ0n) is 46.9. The summed E-state index contributed by atoms with van der Waals surface area (Å²) in [6, 6.07) is 63.0. The van der Waals surface area contributed by atoms with Crippen LogP contribution >= 0.6 is 0 Å². The molecule has 8 aromatic carbocycles. The highest BCUT2D eigenvalue weighted by Gasteiger charge is 2.53. The van der Waals surface area contributed by atoms with Crippen molar-refractivity contribution in [3.63, 3.8) is 0 Å². The van der Waals surface area contributed by atoms with E-state index < -0.39 is 36.6 Å². The molecule has 79 heavy (non-hydrogen) atoms. The third-order valence-corrected chi connectivity index (χ3v) is 18.7. The Morgan fingerprint density at radius 2 is 0.722 bits per heavy atom. The Labute approximate surface area is 466 Å². The van der Waals surface area contributed by atoms with Crippen molar-refractivity contribution in [1.29, 1.82) is 0 Å². The number of ether oxygens (including phenoxy) is 1. The van der Waals surface area contributed by atoms with Crippen LogP contribution in [0.25, 0.3) is 21.8 Å². The number of rotatable bonds is 9. The van der Waals surface area contributed by atoms with Crippen LogP contribution in [0.4, 0.5) is 34.1 Å². The summed E-state index contributed by atoms with van der Waals surface area (Å²) < 4.78 is 35.4. The molecular weight excluding hydrogens is 972 g/mol. The van der Waals surface area contributed by atoms with Gasteiger partial charge in [-0.05, 0) is 237 Å². The first-order valence-electron chi connectivity index (χ1n) is 28.8. The summed E-state index contributed by atoms with van der Waals surface area (Å²) in [5.74, 6) is 1.75. The molecule has 2 fully saturated rings. The van der Waals surface area contributed by atoms with E-state index in [1.54, 1.807) is 0 Å². The van der Waals surface area contributed by atoms with Crippen molar-refractivity contribution in [3.05, 3.63) is 203 Å². The van der Waals surface area contributed by atoms with Crippen molar-refractivity contribution in [2.75, 3.05) is 9.80 Å². The van der Waals surface area contributed by atoms with E-state index in [4.69, 9.17) is 23.4 Å². The van der Waals surface area contributed by atoms with Crippen LogP contribution in [0.5, 0.6) is 11.5 Å². The normalized spacial score (nSPS) is 18.7. The summed E-state index contributed by atoms with van der Waals surface area (Å²) in [5, 5.41) is 2.32.